The van der Waals surface area contributed by atoms with Gasteiger partial charge in [0, 0.05) is 6.61 Å². The smallest absolute Gasteiger partial charge is 0.100 e. The van der Waals surface area contributed by atoms with E-state index in [9.17, 15) is 13.0 Å². The second-order valence-electron chi connectivity index (χ2n) is 4.24. The van der Waals surface area contributed by atoms with Crippen molar-refractivity contribution < 1.29 is 17.7 Å². The van der Waals surface area contributed by atoms with Gasteiger partial charge in [-0.05, 0) is 19.3 Å². The Bertz CT molecular complexity index is 303. The Kier molecular flexibility index (Phi) is 2.57. The van der Waals surface area contributed by atoms with Gasteiger partial charge in [0.1, 0.15) is 10.1 Å². The van der Waals surface area contributed by atoms with Crippen LogP contribution in [0.5, 0.6) is 0 Å². The molecule has 2 aliphatic rings. The van der Waals surface area contributed by atoms with E-state index in [0.717, 1.165) is 32.1 Å². The van der Waals surface area contributed by atoms with Crippen LogP contribution >= 0.6 is 0 Å². The van der Waals surface area contributed by atoms with Gasteiger partial charge >= 0.3 is 0 Å². The average Bonchev–Trinajstić information content (AvgIpc) is 2.49. The van der Waals surface area contributed by atoms with E-state index in [-0.39, 0.29) is 0 Å². The molecule has 4 nitrogen and oxygen atoms in total. The van der Waals surface area contributed by atoms with Crippen molar-refractivity contribution in [3.63, 3.8) is 0 Å². The summed E-state index contributed by atoms with van der Waals surface area (Å²) in [6, 6.07) is 0. The first-order valence-corrected chi connectivity index (χ1v) is 6.60. The maximum absolute atomic E-state index is 11.1. The first-order valence-electron chi connectivity index (χ1n) is 5.13. The molecular weight excluding hydrogens is 204 g/mol. The molecule has 0 aromatic carbocycles. The molecular formula is C9H15O4S-. The lowest BCUT2D eigenvalue weighted by Gasteiger charge is -2.38. The van der Waals surface area contributed by atoms with E-state index in [4.69, 9.17) is 4.74 Å². The Morgan fingerprint density at radius 2 is 1.86 bits per heavy atom. The van der Waals surface area contributed by atoms with Crippen molar-refractivity contribution in [2.75, 3.05) is 6.61 Å². The van der Waals surface area contributed by atoms with Gasteiger partial charge in [0.15, 0.2) is 0 Å². The normalized spacial score (nSPS) is 32.2. The molecule has 0 aromatic rings. The van der Waals surface area contributed by atoms with Crippen LogP contribution in [0.4, 0.5) is 0 Å². The van der Waals surface area contributed by atoms with Gasteiger partial charge in [0.05, 0.1) is 10.9 Å². The third-order valence-electron chi connectivity index (χ3n) is 3.40. The van der Waals surface area contributed by atoms with E-state index in [1.54, 1.807) is 0 Å². The van der Waals surface area contributed by atoms with E-state index in [1.807, 2.05) is 0 Å². The molecule has 5 heteroatoms. The Morgan fingerprint density at radius 1 is 1.21 bits per heavy atom. The first-order chi connectivity index (χ1) is 6.55. The summed E-state index contributed by atoms with van der Waals surface area (Å²) in [5, 5.41) is -0.796. The lowest BCUT2D eigenvalue weighted by Crippen LogP contribution is -2.45. The number of hydrogen-bond donors (Lipinski definition) is 0. The molecule has 1 saturated carbocycles. The maximum atomic E-state index is 11.1. The first kappa shape index (κ1) is 10.4. The minimum Gasteiger partial charge on any atom is -0.748 e. The number of hydrogen-bond acceptors (Lipinski definition) is 4. The van der Waals surface area contributed by atoms with E-state index in [1.165, 1.54) is 0 Å². The Hall–Kier alpha value is -0.130. The van der Waals surface area contributed by atoms with Gasteiger partial charge in [-0.25, -0.2) is 8.42 Å². The second-order valence-corrected chi connectivity index (χ2v) is 5.80. The minimum absolute atomic E-state index is 0.381. The fourth-order valence-electron chi connectivity index (χ4n) is 2.75. The Labute approximate surface area is 84.4 Å². The van der Waals surface area contributed by atoms with Crippen molar-refractivity contribution in [3.8, 4) is 0 Å². The molecule has 14 heavy (non-hydrogen) atoms. The van der Waals surface area contributed by atoms with Crippen LogP contribution in [0.15, 0.2) is 0 Å². The molecule has 2 rings (SSSR count). The molecule has 1 heterocycles. The fourth-order valence-corrected chi connectivity index (χ4v) is 3.96. The van der Waals surface area contributed by atoms with Crippen molar-refractivity contribution in [1.29, 1.82) is 0 Å². The third-order valence-corrected chi connectivity index (χ3v) is 4.77. The average molecular weight is 219 g/mol. The van der Waals surface area contributed by atoms with Gasteiger partial charge in [-0.1, -0.05) is 19.3 Å². The highest BCUT2D eigenvalue weighted by Gasteiger charge is 2.47. The maximum Gasteiger partial charge on any atom is 0.100 e. The zero-order chi connectivity index (χ0) is 10.2. The molecule has 0 aromatic heterocycles. The van der Waals surface area contributed by atoms with E-state index in [0.29, 0.717) is 13.0 Å². The summed E-state index contributed by atoms with van der Waals surface area (Å²) >= 11 is 0. The zero-order valence-electron chi connectivity index (χ0n) is 8.07. The fraction of sp³-hybridized carbons (Fsp3) is 1.00. The Morgan fingerprint density at radius 3 is 2.43 bits per heavy atom. The van der Waals surface area contributed by atoms with Gasteiger partial charge in [-0.3, -0.25) is 0 Å². The van der Waals surface area contributed by atoms with Crippen LogP contribution in [0.2, 0.25) is 0 Å². The van der Waals surface area contributed by atoms with Crippen molar-refractivity contribution in [2.24, 2.45) is 0 Å². The van der Waals surface area contributed by atoms with Crippen molar-refractivity contribution in [2.45, 2.75) is 49.4 Å². The Balaban J connectivity index is 2.24. The highest BCUT2D eigenvalue weighted by molar-refractivity contribution is 7.86. The number of ether oxygens (including phenoxy) is 1. The molecule has 1 atom stereocenters. The summed E-state index contributed by atoms with van der Waals surface area (Å²) in [6.07, 6.45) is 4.93. The molecule has 82 valence electrons. The van der Waals surface area contributed by atoms with Crippen molar-refractivity contribution >= 4 is 10.1 Å². The van der Waals surface area contributed by atoms with Gasteiger partial charge in [-0.2, -0.15) is 0 Å². The van der Waals surface area contributed by atoms with Crippen LogP contribution in [-0.2, 0) is 14.9 Å². The lowest BCUT2D eigenvalue weighted by molar-refractivity contribution is -0.0234. The van der Waals surface area contributed by atoms with Crippen LogP contribution in [0, 0.1) is 0 Å². The zero-order valence-corrected chi connectivity index (χ0v) is 8.88. The topological polar surface area (TPSA) is 66.4 Å². The molecule has 1 spiro atoms. The minimum atomic E-state index is -4.19. The summed E-state index contributed by atoms with van der Waals surface area (Å²) in [5.74, 6) is 0. The molecule has 0 radical (unpaired) electrons. The van der Waals surface area contributed by atoms with Gasteiger partial charge in [0.2, 0.25) is 0 Å². The van der Waals surface area contributed by atoms with Crippen molar-refractivity contribution in [1.82, 2.24) is 0 Å². The standard InChI is InChI=1S/C9H16O4S/c10-14(11,12)8-4-7-13-9(8)5-2-1-3-6-9/h8H,1-7H2,(H,10,11,12)/p-1. The third kappa shape index (κ3) is 1.68. The summed E-state index contributed by atoms with van der Waals surface area (Å²) in [5.41, 5.74) is -0.626. The van der Waals surface area contributed by atoms with Crippen LogP contribution in [0.3, 0.4) is 0 Å². The van der Waals surface area contributed by atoms with E-state index < -0.39 is 21.0 Å². The number of rotatable bonds is 1. The van der Waals surface area contributed by atoms with Gasteiger partial charge in [-0.15, -0.1) is 0 Å². The molecule has 1 aliphatic heterocycles. The summed E-state index contributed by atoms with van der Waals surface area (Å²) in [6.45, 7) is 0.423. The SMILES string of the molecule is O=S(=O)([O-])C1CCOC12CCCCC2. The molecule has 0 amide bonds. The van der Waals surface area contributed by atoms with Gasteiger partial charge in [0.25, 0.3) is 0 Å². The highest BCUT2D eigenvalue weighted by atomic mass is 32.2. The summed E-state index contributed by atoms with van der Waals surface area (Å²) < 4.78 is 38.8. The van der Waals surface area contributed by atoms with Crippen LogP contribution < -0.4 is 0 Å². The van der Waals surface area contributed by atoms with Crippen LogP contribution in [0.25, 0.3) is 0 Å². The predicted octanol–water partition coefficient (Wildman–Crippen LogP) is 1.02. The molecule has 1 saturated heterocycles. The van der Waals surface area contributed by atoms with Crippen LogP contribution in [-0.4, -0.2) is 30.4 Å². The molecule has 0 N–H and O–H groups in total. The molecule has 1 unspecified atom stereocenters. The van der Waals surface area contributed by atoms with Gasteiger partial charge < -0.3 is 9.29 Å². The quantitative estimate of drug-likeness (QED) is 0.618. The summed E-state index contributed by atoms with van der Waals surface area (Å²) in [7, 11) is -4.19. The molecule has 0 bridgehead atoms. The molecule has 1 aliphatic carbocycles. The molecule has 2 fully saturated rings. The van der Waals surface area contributed by atoms with E-state index in [2.05, 4.69) is 0 Å². The highest BCUT2D eigenvalue weighted by Crippen LogP contribution is 2.42. The van der Waals surface area contributed by atoms with Crippen molar-refractivity contribution in [3.05, 3.63) is 0 Å². The van der Waals surface area contributed by atoms with E-state index >= 15 is 0 Å². The lowest BCUT2D eigenvalue weighted by atomic mass is 9.82. The van der Waals surface area contributed by atoms with Crippen LogP contribution in [0.1, 0.15) is 38.5 Å². The largest absolute Gasteiger partial charge is 0.748 e. The monoisotopic (exact) mass is 219 g/mol. The second kappa shape index (κ2) is 3.47. The predicted molar refractivity (Wildman–Crippen MR) is 49.9 cm³/mol. The summed E-state index contributed by atoms with van der Waals surface area (Å²) in [4.78, 5) is 0.